The van der Waals surface area contributed by atoms with Crippen molar-refractivity contribution in [3.05, 3.63) is 200 Å². The number of hydrogen-bond acceptors (Lipinski definition) is 3. The van der Waals surface area contributed by atoms with Gasteiger partial charge in [0.15, 0.2) is 17.5 Å². The van der Waals surface area contributed by atoms with E-state index in [0.29, 0.717) is 17.5 Å². The van der Waals surface area contributed by atoms with Gasteiger partial charge in [-0.2, -0.15) is 0 Å². The lowest BCUT2D eigenvalue weighted by molar-refractivity contribution is 1.07. The molecule has 1 aromatic heterocycles. The summed E-state index contributed by atoms with van der Waals surface area (Å²) in [6, 6.07) is 70.8. The van der Waals surface area contributed by atoms with Crippen LogP contribution in [0.3, 0.4) is 0 Å². The van der Waals surface area contributed by atoms with Crippen LogP contribution in [0, 0.1) is 0 Å². The standard InChI is InChI=1S/C51H33N3/c1-2-10-34(11-3-1)39-16-8-18-46(31-39)49-52-50(54-51(53-49)48-27-21-36-13-5-7-15-38(36)32-48)47-19-9-17-40(33-47)41-23-24-45-30-44(26-25-43(45)29-41)42-22-20-35-12-4-6-14-37(35)28-42/h1-33H. The zero-order valence-electron chi connectivity index (χ0n) is 29.4. The average molecular weight is 688 g/mol. The van der Waals surface area contributed by atoms with Crippen molar-refractivity contribution in [2.45, 2.75) is 0 Å². The Morgan fingerprint density at radius 1 is 0.185 bits per heavy atom. The van der Waals surface area contributed by atoms with Gasteiger partial charge in [0.2, 0.25) is 0 Å². The molecule has 0 aliphatic rings. The van der Waals surface area contributed by atoms with Gasteiger partial charge < -0.3 is 0 Å². The molecule has 10 aromatic rings. The van der Waals surface area contributed by atoms with Crippen LogP contribution in [0.25, 0.3) is 99.9 Å². The Morgan fingerprint density at radius 2 is 0.481 bits per heavy atom. The van der Waals surface area contributed by atoms with Crippen molar-refractivity contribution in [1.82, 2.24) is 15.0 Å². The molecule has 3 heteroatoms. The SMILES string of the molecule is c1ccc(-c2cccc(-c3nc(-c4cccc(-c5ccc6cc(-c7ccc8ccccc8c7)ccc6c5)c4)nc(-c4ccc5ccccc5c4)n3)c2)cc1. The zero-order chi connectivity index (χ0) is 35.8. The van der Waals surface area contributed by atoms with E-state index in [-0.39, 0.29) is 0 Å². The summed E-state index contributed by atoms with van der Waals surface area (Å²) in [6.07, 6.45) is 0. The van der Waals surface area contributed by atoms with E-state index in [0.717, 1.165) is 44.3 Å². The molecule has 0 radical (unpaired) electrons. The Kier molecular flexibility index (Phi) is 7.81. The van der Waals surface area contributed by atoms with Crippen molar-refractivity contribution in [3.63, 3.8) is 0 Å². The van der Waals surface area contributed by atoms with E-state index < -0.39 is 0 Å². The fraction of sp³-hybridized carbons (Fsp3) is 0. The number of hydrogen-bond donors (Lipinski definition) is 0. The van der Waals surface area contributed by atoms with Crippen molar-refractivity contribution in [2.75, 3.05) is 0 Å². The van der Waals surface area contributed by atoms with Crippen molar-refractivity contribution >= 4 is 32.3 Å². The zero-order valence-corrected chi connectivity index (χ0v) is 29.4. The summed E-state index contributed by atoms with van der Waals surface area (Å²) in [5.41, 5.74) is 9.77. The van der Waals surface area contributed by atoms with Crippen LogP contribution in [0.15, 0.2) is 200 Å². The normalized spacial score (nSPS) is 11.3. The molecular formula is C51H33N3. The number of rotatable bonds is 6. The first-order valence-corrected chi connectivity index (χ1v) is 18.3. The van der Waals surface area contributed by atoms with Gasteiger partial charge in [0.05, 0.1) is 0 Å². The quantitative estimate of drug-likeness (QED) is 0.175. The third kappa shape index (κ3) is 6.08. The molecule has 9 aromatic carbocycles. The Hall–Kier alpha value is -7.23. The van der Waals surface area contributed by atoms with Gasteiger partial charge in [-0.25, -0.2) is 15.0 Å². The third-order valence-electron chi connectivity index (χ3n) is 10.2. The predicted molar refractivity (Wildman–Crippen MR) is 225 cm³/mol. The van der Waals surface area contributed by atoms with Gasteiger partial charge >= 0.3 is 0 Å². The van der Waals surface area contributed by atoms with Gasteiger partial charge in [-0.15, -0.1) is 0 Å². The molecule has 0 saturated heterocycles. The molecule has 54 heavy (non-hydrogen) atoms. The van der Waals surface area contributed by atoms with E-state index in [4.69, 9.17) is 15.0 Å². The van der Waals surface area contributed by atoms with Crippen LogP contribution in [0.4, 0.5) is 0 Å². The number of benzene rings is 9. The molecule has 0 N–H and O–H groups in total. The summed E-state index contributed by atoms with van der Waals surface area (Å²) < 4.78 is 0. The summed E-state index contributed by atoms with van der Waals surface area (Å²) >= 11 is 0. The van der Waals surface area contributed by atoms with Crippen LogP contribution < -0.4 is 0 Å². The van der Waals surface area contributed by atoms with Crippen molar-refractivity contribution in [2.24, 2.45) is 0 Å². The van der Waals surface area contributed by atoms with Gasteiger partial charge in [-0.3, -0.25) is 0 Å². The highest BCUT2D eigenvalue weighted by Gasteiger charge is 2.15. The molecule has 3 nitrogen and oxygen atoms in total. The maximum absolute atomic E-state index is 5.12. The Bertz CT molecular complexity index is 3000. The smallest absolute Gasteiger partial charge is 0.164 e. The summed E-state index contributed by atoms with van der Waals surface area (Å²) in [7, 11) is 0. The Labute approximate surface area is 313 Å². The summed E-state index contributed by atoms with van der Waals surface area (Å²) in [5.74, 6) is 1.92. The van der Waals surface area contributed by atoms with Crippen LogP contribution in [0.1, 0.15) is 0 Å². The molecule has 0 saturated carbocycles. The molecule has 0 bridgehead atoms. The average Bonchev–Trinajstić information content (AvgIpc) is 3.26. The fourth-order valence-corrected chi connectivity index (χ4v) is 7.37. The van der Waals surface area contributed by atoms with Crippen LogP contribution in [0.5, 0.6) is 0 Å². The highest BCUT2D eigenvalue weighted by molar-refractivity contribution is 5.93. The fourth-order valence-electron chi connectivity index (χ4n) is 7.37. The molecular weight excluding hydrogens is 655 g/mol. The van der Waals surface area contributed by atoms with E-state index in [1.54, 1.807) is 0 Å². The lowest BCUT2D eigenvalue weighted by atomic mass is 9.96. The van der Waals surface area contributed by atoms with Crippen LogP contribution in [-0.4, -0.2) is 15.0 Å². The van der Waals surface area contributed by atoms with Crippen LogP contribution in [-0.2, 0) is 0 Å². The Balaban J connectivity index is 1.04. The van der Waals surface area contributed by atoms with Gasteiger partial charge in [0, 0.05) is 16.7 Å². The van der Waals surface area contributed by atoms with Crippen molar-refractivity contribution < 1.29 is 0 Å². The summed E-state index contributed by atoms with van der Waals surface area (Å²) in [6.45, 7) is 0. The molecule has 0 fully saturated rings. The van der Waals surface area contributed by atoms with Crippen molar-refractivity contribution in [3.8, 4) is 67.5 Å². The molecule has 252 valence electrons. The second kappa shape index (κ2) is 13.4. The second-order valence-corrected chi connectivity index (χ2v) is 13.7. The molecule has 0 aliphatic carbocycles. The minimum Gasteiger partial charge on any atom is -0.208 e. The predicted octanol–water partition coefficient (Wildman–Crippen LogP) is 13.3. The molecule has 0 amide bonds. The summed E-state index contributed by atoms with van der Waals surface area (Å²) in [4.78, 5) is 15.3. The maximum atomic E-state index is 5.12. The molecule has 10 rings (SSSR count). The molecule has 0 aliphatic heterocycles. The van der Waals surface area contributed by atoms with E-state index in [1.807, 2.05) is 6.07 Å². The molecule has 0 atom stereocenters. The molecule has 1 heterocycles. The molecule has 0 unspecified atom stereocenters. The number of aromatic nitrogens is 3. The lowest BCUT2D eigenvalue weighted by Gasteiger charge is -2.11. The monoisotopic (exact) mass is 687 g/mol. The van der Waals surface area contributed by atoms with Gasteiger partial charge in [0.1, 0.15) is 0 Å². The van der Waals surface area contributed by atoms with Crippen LogP contribution >= 0.6 is 0 Å². The number of fused-ring (bicyclic) bond motifs is 3. The first kappa shape index (κ1) is 31.5. The second-order valence-electron chi connectivity index (χ2n) is 13.7. The number of nitrogens with zero attached hydrogens (tertiary/aromatic N) is 3. The minimum atomic E-state index is 0.635. The third-order valence-corrected chi connectivity index (χ3v) is 10.2. The van der Waals surface area contributed by atoms with Gasteiger partial charge in [-0.05, 0) is 102 Å². The minimum absolute atomic E-state index is 0.635. The topological polar surface area (TPSA) is 38.7 Å². The van der Waals surface area contributed by atoms with Crippen LogP contribution in [0.2, 0.25) is 0 Å². The van der Waals surface area contributed by atoms with E-state index in [9.17, 15) is 0 Å². The van der Waals surface area contributed by atoms with E-state index >= 15 is 0 Å². The van der Waals surface area contributed by atoms with E-state index in [1.165, 1.54) is 38.1 Å². The van der Waals surface area contributed by atoms with Gasteiger partial charge in [-0.1, -0.05) is 164 Å². The largest absolute Gasteiger partial charge is 0.208 e. The van der Waals surface area contributed by atoms with Gasteiger partial charge in [0.25, 0.3) is 0 Å². The van der Waals surface area contributed by atoms with E-state index in [2.05, 4.69) is 194 Å². The highest BCUT2D eigenvalue weighted by atomic mass is 15.0. The first-order chi connectivity index (χ1) is 26.7. The highest BCUT2D eigenvalue weighted by Crippen LogP contribution is 2.33. The summed E-state index contributed by atoms with van der Waals surface area (Å²) in [5, 5.41) is 7.24. The molecule has 0 spiro atoms. The maximum Gasteiger partial charge on any atom is 0.164 e. The van der Waals surface area contributed by atoms with Crippen molar-refractivity contribution in [1.29, 1.82) is 0 Å². The first-order valence-electron chi connectivity index (χ1n) is 18.3. The Morgan fingerprint density at radius 3 is 0.981 bits per heavy atom. The lowest BCUT2D eigenvalue weighted by Crippen LogP contribution is -2.00.